The van der Waals surface area contributed by atoms with Crippen LogP contribution in [0, 0.1) is 5.92 Å². The number of nitrogens with zero attached hydrogens (tertiary/aromatic N) is 3. The minimum atomic E-state index is -3.29. The minimum absolute atomic E-state index is 0.483. The molecule has 7 heteroatoms. The van der Waals surface area contributed by atoms with Gasteiger partial charge in [-0.25, -0.2) is 0 Å². The van der Waals surface area contributed by atoms with Gasteiger partial charge >= 0.3 is 0 Å². The Hall–Kier alpha value is -0.210. The Morgan fingerprint density at radius 1 is 1.15 bits per heavy atom. The predicted molar refractivity (Wildman–Crippen MR) is 80.6 cm³/mol. The standard InChI is InChI=1S/C13H28N4O2S/c1-15(10-11-16-6-2-3-7-16)20(18,19)17-8-4-13(12-14)5-9-17/h13H,2-12,14H2,1H3. The number of nitrogens with two attached hydrogens (primary N) is 1. The van der Waals surface area contributed by atoms with Gasteiger partial charge in [0.25, 0.3) is 10.2 Å². The van der Waals surface area contributed by atoms with Crippen LogP contribution in [0.25, 0.3) is 0 Å². The fraction of sp³-hybridized carbons (Fsp3) is 1.00. The summed E-state index contributed by atoms with van der Waals surface area (Å²) < 4.78 is 28.1. The number of piperidine rings is 1. The van der Waals surface area contributed by atoms with E-state index in [0.29, 0.717) is 32.1 Å². The normalized spacial score (nSPS) is 23.8. The van der Waals surface area contributed by atoms with Gasteiger partial charge in [-0.05, 0) is 51.2 Å². The fourth-order valence-corrected chi connectivity index (χ4v) is 4.36. The third kappa shape index (κ3) is 3.92. The Bertz CT molecular complexity index is 387. The summed E-state index contributed by atoms with van der Waals surface area (Å²) in [5.74, 6) is 0.483. The van der Waals surface area contributed by atoms with Gasteiger partial charge in [-0.15, -0.1) is 0 Å². The average Bonchev–Trinajstić information content (AvgIpc) is 2.98. The van der Waals surface area contributed by atoms with Gasteiger partial charge < -0.3 is 10.6 Å². The van der Waals surface area contributed by atoms with Gasteiger partial charge in [0, 0.05) is 33.2 Å². The first kappa shape index (κ1) is 16.2. The molecule has 0 aromatic heterocycles. The molecule has 0 radical (unpaired) electrons. The molecule has 0 aromatic carbocycles. The third-order valence-electron chi connectivity index (χ3n) is 4.56. The number of hydrogen-bond donors (Lipinski definition) is 1. The zero-order valence-electron chi connectivity index (χ0n) is 12.5. The van der Waals surface area contributed by atoms with Crippen LogP contribution in [0.5, 0.6) is 0 Å². The maximum Gasteiger partial charge on any atom is 0.281 e. The van der Waals surface area contributed by atoms with E-state index >= 15 is 0 Å². The first-order valence-corrected chi connectivity index (χ1v) is 9.07. The Morgan fingerprint density at radius 3 is 2.30 bits per heavy atom. The molecular weight excluding hydrogens is 276 g/mol. The van der Waals surface area contributed by atoms with Gasteiger partial charge in [0.15, 0.2) is 0 Å². The Labute approximate surface area is 123 Å². The third-order valence-corrected chi connectivity index (χ3v) is 6.54. The van der Waals surface area contributed by atoms with Crippen molar-refractivity contribution >= 4 is 10.2 Å². The van der Waals surface area contributed by atoms with Crippen LogP contribution >= 0.6 is 0 Å². The molecular formula is C13H28N4O2S. The first-order valence-electron chi connectivity index (χ1n) is 7.68. The van der Waals surface area contributed by atoms with Crippen molar-refractivity contribution in [2.24, 2.45) is 11.7 Å². The fourth-order valence-electron chi connectivity index (χ4n) is 2.98. The molecule has 2 aliphatic rings. The molecule has 0 atom stereocenters. The summed E-state index contributed by atoms with van der Waals surface area (Å²) in [5, 5.41) is 0. The molecule has 2 heterocycles. The van der Waals surface area contributed by atoms with Crippen molar-refractivity contribution in [2.45, 2.75) is 25.7 Å². The number of likely N-dealkylation sites (tertiary alicyclic amines) is 1. The Kier molecular flexibility index (Phi) is 5.80. The lowest BCUT2D eigenvalue weighted by Gasteiger charge is -2.33. The summed E-state index contributed by atoms with van der Waals surface area (Å²) in [7, 11) is -1.59. The number of hydrogen-bond acceptors (Lipinski definition) is 4. The highest BCUT2D eigenvalue weighted by Crippen LogP contribution is 2.20. The zero-order valence-corrected chi connectivity index (χ0v) is 13.3. The van der Waals surface area contributed by atoms with E-state index in [4.69, 9.17) is 5.73 Å². The Balaban J connectivity index is 1.82. The smallest absolute Gasteiger partial charge is 0.281 e. The largest absolute Gasteiger partial charge is 0.330 e. The van der Waals surface area contributed by atoms with Crippen molar-refractivity contribution in [3.63, 3.8) is 0 Å². The average molecular weight is 304 g/mol. The van der Waals surface area contributed by atoms with Gasteiger partial charge in [-0.3, -0.25) is 0 Å². The molecule has 118 valence electrons. The van der Waals surface area contributed by atoms with E-state index in [1.807, 2.05) is 0 Å². The molecule has 2 fully saturated rings. The van der Waals surface area contributed by atoms with E-state index in [0.717, 1.165) is 32.5 Å². The molecule has 2 aliphatic heterocycles. The van der Waals surface area contributed by atoms with Crippen LogP contribution < -0.4 is 5.73 Å². The van der Waals surface area contributed by atoms with Crippen LogP contribution in [0.4, 0.5) is 0 Å². The molecule has 0 aliphatic carbocycles. The van der Waals surface area contributed by atoms with E-state index in [1.165, 1.54) is 17.1 Å². The summed E-state index contributed by atoms with van der Waals surface area (Å²) in [6.45, 7) is 5.52. The highest BCUT2D eigenvalue weighted by Gasteiger charge is 2.30. The van der Waals surface area contributed by atoms with Crippen LogP contribution in [-0.2, 0) is 10.2 Å². The molecule has 0 amide bonds. The summed E-state index contributed by atoms with van der Waals surface area (Å²) >= 11 is 0. The quantitative estimate of drug-likeness (QED) is 0.746. The van der Waals surface area contributed by atoms with Crippen molar-refractivity contribution < 1.29 is 8.42 Å². The van der Waals surface area contributed by atoms with Crippen LogP contribution in [-0.4, -0.2) is 74.8 Å². The Morgan fingerprint density at radius 2 is 1.75 bits per heavy atom. The number of rotatable bonds is 6. The molecule has 2 saturated heterocycles. The second-order valence-corrected chi connectivity index (χ2v) is 7.99. The van der Waals surface area contributed by atoms with Crippen molar-refractivity contribution in [1.29, 1.82) is 0 Å². The van der Waals surface area contributed by atoms with E-state index in [9.17, 15) is 8.42 Å². The van der Waals surface area contributed by atoms with E-state index in [1.54, 1.807) is 11.4 Å². The highest BCUT2D eigenvalue weighted by atomic mass is 32.2. The van der Waals surface area contributed by atoms with E-state index in [-0.39, 0.29) is 0 Å². The van der Waals surface area contributed by atoms with Crippen molar-refractivity contribution in [3.05, 3.63) is 0 Å². The van der Waals surface area contributed by atoms with Crippen LogP contribution in [0.2, 0.25) is 0 Å². The highest BCUT2D eigenvalue weighted by molar-refractivity contribution is 7.86. The predicted octanol–water partition coefficient (Wildman–Crippen LogP) is -0.0705. The van der Waals surface area contributed by atoms with Crippen LogP contribution in [0.3, 0.4) is 0 Å². The monoisotopic (exact) mass is 304 g/mol. The van der Waals surface area contributed by atoms with E-state index < -0.39 is 10.2 Å². The molecule has 0 aromatic rings. The molecule has 2 rings (SSSR count). The van der Waals surface area contributed by atoms with E-state index in [2.05, 4.69) is 4.90 Å². The summed E-state index contributed by atoms with van der Waals surface area (Å²) in [6, 6.07) is 0. The lowest BCUT2D eigenvalue weighted by atomic mass is 9.99. The summed E-state index contributed by atoms with van der Waals surface area (Å²) in [5.41, 5.74) is 5.65. The van der Waals surface area contributed by atoms with Gasteiger partial charge in [-0.1, -0.05) is 0 Å². The first-order chi connectivity index (χ1) is 9.54. The summed E-state index contributed by atoms with van der Waals surface area (Å²) in [4.78, 5) is 2.34. The summed E-state index contributed by atoms with van der Waals surface area (Å²) in [6.07, 6.45) is 4.25. The minimum Gasteiger partial charge on any atom is -0.330 e. The molecule has 0 spiro atoms. The lowest BCUT2D eigenvalue weighted by molar-refractivity contribution is 0.254. The lowest BCUT2D eigenvalue weighted by Crippen LogP contribution is -2.48. The maximum absolute atomic E-state index is 12.5. The zero-order chi connectivity index (χ0) is 14.6. The van der Waals surface area contributed by atoms with Gasteiger partial charge in [0.2, 0.25) is 0 Å². The molecule has 6 nitrogen and oxygen atoms in total. The molecule has 0 bridgehead atoms. The van der Waals surface area contributed by atoms with Gasteiger partial charge in [-0.2, -0.15) is 17.0 Å². The second kappa shape index (κ2) is 7.17. The number of likely N-dealkylation sites (N-methyl/N-ethyl adjacent to an activating group) is 1. The molecule has 0 unspecified atom stereocenters. The maximum atomic E-state index is 12.5. The second-order valence-electron chi connectivity index (χ2n) is 5.96. The van der Waals surface area contributed by atoms with Crippen molar-refractivity contribution in [2.75, 3.05) is 52.9 Å². The van der Waals surface area contributed by atoms with Gasteiger partial charge in [0.05, 0.1) is 0 Å². The van der Waals surface area contributed by atoms with Crippen molar-refractivity contribution in [3.8, 4) is 0 Å². The SMILES string of the molecule is CN(CCN1CCCC1)S(=O)(=O)N1CCC(CN)CC1. The van der Waals surface area contributed by atoms with Crippen molar-refractivity contribution in [1.82, 2.24) is 13.5 Å². The molecule has 20 heavy (non-hydrogen) atoms. The molecule has 0 saturated carbocycles. The van der Waals surface area contributed by atoms with Gasteiger partial charge in [0.1, 0.15) is 0 Å². The topological polar surface area (TPSA) is 69.9 Å². The van der Waals surface area contributed by atoms with Crippen LogP contribution in [0.1, 0.15) is 25.7 Å². The molecule has 2 N–H and O–H groups in total. The van der Waals surface area contributed by atoms with Crippen LogP contribution in [0.15, 0.2) is 0 Å².